The maximum absolute atomic E-state index is 5.80. The lowest BCUT2D eigenvalue weighted by molar-refractivity contribution is 0.0591. The second-order valence-electron chi connectivity index (χ2n) is 6.34. The van der Waals surface area contributed by atoms with Crippen molar-refractivity contribution in [3.63, 3.8) is 0 Å². The molecule has 0 saturated carbocycles. The summed E-state index contributed by atoms with van der Waals surface area (Å²) in [4.78, 5) is 0. The van der Waals surface area contributed by atoms with Crippen LogP contribution in [-0.2, 0) is 4.74 Å². The average Bonchev–Trinajstić information content (AvgIpc) is 2.53. The van der Waals surface area contributed by atoms with Gasteiger partial charge in [0.15, 0.2) is 0 Å². The van der Waals surface area contributed by atoms with Gasteiger partial charge in [-0.2, -0.15) is 0 Å². The zero-order valence-electron chi connectivity index (χ0n) is 15.3. The van der Waals surface area contributed by atoms with Gasteiger partial charge in [0.2, 0.25) is 0 Å². The van der Waals surface area contributed by atoms with Crippen molar-refractivity contribution in [1.82, 2.24) is 0 Å². The summed E-state index contributed by atoms with van der Waals surface area (Å²) in [7, 11) is 0. The molecule has 0 rings (SSSR count). The van der Waals surface area contributed by atoms with Crippen LogP contribution in [0, 0.1) is 0 Å². The van der Waals surface area contributed by atoms with Crippen LogP contribution in [0.2, 0.25) is 0 Å². The first-order valence-corrected chi connectivity index (χ1v) is 9.72. The van der Waals surface area contributed by atoms with Crippen molar-refractivity contribution < 1.29 is 4.74 Å². The van der Waals surface area contributed by atoms with Gasteiger partial charge in [0.1, 0.15) is 0 Å². The van der Waals surface area contributed by atoms with E-state index in [0.29, 0.717) is 12.7 Å². The van der Waals surface area contributed by atoms with Gasteiger partial charge in [0, 0.05) is 0 Å². The summed E-state index contributed by atoms with van der Waals surface area (Å²) in [6, 6.07) is 0. The van der Waals surface area contributed by atoms with Crippen molar-refractivity contribution in [2.75, 3.05) is 6.61 Å². The summed E-state index contributed by atoms with van der Waals surface area (Å²) in [5.41, 5.74) is 0. The molecular weight excluding hydrogens is 268 g/mol. The number of hydrogen-bond donors (Lipinski definition) is 0. The van der Waals surface area contributed by atoms with Crippen molar-refractivity contribution >= 4 is 0 Å². The minimum Gasteiger partial charge on any atom is -0.374 e. The Labute approximate surface area is 140 Å². The Bertz CT molecular complexity index is 244. The van der Waals surface area contributed by atoms with Crippen LogP contribution < -0.4 is 0 Å². The van der Waals surface area contributed by atoms with Crippen molar-refractivity contribution in [3.8, 4) is 0 Å². The van der Waals surface area contributed by atoms with Gasteiger partial charge in [0.25, 0.3) is 0 Å². The molecule has 0 bridgehead atoms. The maximum Gasteiger partial charge on any atom is 0.0648 e. The third kappa shape index (κ3) is 15.8. The zero-order valence-corrected chi connectivity index (χ0v) is 15.3. The van der Waals surface area contributed by atoms with Gasteiger partial charge < -0.3 is 4.74 Å². The quantitative estimate of drug-likeness (QED) is 0.203. The highest BCUT2D eigenvalue weighted by Crippen LogP contribution is 2.13. The van der Waals surface area contributed by atoms with Gasteiger partial charge >= 0.3 is 0 Å². The van der Waals surface area contributed by atoms with E-state index >= 15 is 0 Å². The van der Waals surface area contributed by atoms with Gasteiger partial charge in [0.05, 0.1) is 12.7 Å². The lowest BCUT2D eigenvalue weighted by Crippen LogP contribution is -2.12. The van der Waals surface area contributed by atoms with Crippen LogP contribution in [0.3, 0.4) is 0 Å². The lowest BCUT2D eigenvalue weighted by Gasteiger charge is -2.15. The molecule has 0 aliphatic carbocycles. The number of allylic oxidation sites excluding steroid dienone is 2. The van der Waals surface area contributed by atoms with Crippen LogP contribution in [0.25, 0.3) is 0 Å². The van der Waals surface area contributed by atoms with Crippen molar-refractivity contribution in [2.45, 2.75) is 103 Å². The molecule has 0 fully saturated rings. The van der Waals surface area contributed by atoms with Gasteiger partial charge in [-0.05, 0) is 38.5 Å². The molecule has 0 aliphatic rings. The van der Waals surface area contributed by atoms with Gasteiger partial charge in [-0.15, -0.1) is 6.58 Å². The zero-order chi connectivity index (χ0) is 16.3. The van der Waals surface area contributed by atoms with E-state index in [1.54, 1.807) is 0 Å². The smallest absolute Gasteiger partial charge is 0.0648 e. The lowest BCUT2D eigenvalue weighted by atomic mass is 10.1. The van der Waals surface area contributed by atoms with Crippen molar-refractivity contribution in [3.05, 3.63) is 24.8 Å². The normalized spacial score (nSPS) is 12.8. The third-order valence-corrected chi connectivity index (χ3v) is 4.10. The number of rotatable bonds is 17. The molecule has 0 aromatic heterocycles. The van der Waals surface area contributed by atoms with Crippen molar-refractivity contribution in [1.29, 1.82) is 0 Å². The third-order valence-electron chi connectivity index (χ3n) is 4.10. The first kappa shape index (κ1) is 21.4. The molecule has 1 heteroatoms. The Morgan fingerprint density at radius 2 is 1.41 bits per heavy atom. The molecule has 0 heterocycles. The maximum atomic E-state index is 5.80. The van der Waals surface area contributed by atoms with E-state index in [4.69, 9.17) is 4.74 Å². The molecule has 1 nitrogen and oxygen atoms in total. The fourth-order valence-electron chi connectivity index (χ4n) is 2.75. The molecule has 0 aromatic carbocycles. The first-order valence-electron chi connectivity index (χ1n) is 9.72. The van der Waals surface area contributed by atoms with E-state index in [1.165, 1.54) is 83.5 Å². The summed E-state index contributed by atoms with van der Waals surface area (Å²) < 4.78 is 5.80. The Morgan fingerprint density at radius 3 is 2.05 bits per heavy atom. The topological polar surface area (TPSA) is 9.23 Å². The van der Waals surface area contributed by atoms with Gasteiger partial charge in [-0.1, -0.05) is 77.0 Å². The highest BCUT2D eigenvalue weighted by molar-refractivity contribution is 4.81. The van der Waals surface area contributed by atoms with Crippen LogP contribution in [0.15, 0.2) is 24.8 Å². The van der Waals surface area contributed by atoms with E-state index < -0.39 is 0 Å². The minimum absolute atomic E-state index is 0.440. The highest BCUT2D eigenvalue weighted by Gasteiger charge is 2.06. The predicted molar refractivity (Wildman–Crippen MR) is 100 cm³/mol. The first-order chi connectivity index (χ1) is 10.8. The highest BCUT2D eigenvalue weighted by atomic mass is 16.5. The molecule has 1 unspecified atom stereocenters. The monoisotopic (exact) mass is 308 g/mol. The van der Waals surface area contributed by atoms with E-state index in [9.17, 15) is 0 Å². The van der Waals surface area contributed by atoms with Crippen molar-refractivity contribution in [2.24, 2.45) is 0 Å². The van der Waals surface area contributed by atoms with Crippen LogP contribution in [0.1, 0.15) is 97.3 Å². The summed E-state index contributed by atoms with van der Waals surface area (Å²) in [6.07, 6.45) is 24.1. The second-order valence-corrected chi connectivity index (χ2v) is 6.34. The molecular formula is C21H40O. The summed E-state index contributed by atoms with van der Waals surface area (Å²) >= 11 is 0. The fourth-order valence-corrected chi connectivity index (χ4v) is 2.75. The van der Waals surface area contributed by atoms with E-state index in [0.717, 1.165) is 0 Å². The summed E-state index contributed by atoms with van der Waals surface area (Å²) in [5, 5.41) is 0. The molecule has 0 radical (unpaired) electrons. The molecule has 0 N–H and O–H groups in total. The van der Waals surface area contributed by atoms with Crippen LogP contribution in [0.5, 0.6) is 0 Å². The fraction of sp³-hybridized carbons (Fsp3) is 0.810. The molecule has 0 aliphatic heterocycles. The molecule has 0 aromatic rings. The molecule has 22 heavy (non-hydrogen) atoms. The van der Waals surface area contributed by atoms with Crippen LogP contribution in [-0.4, -0.2) is 12.7 Å². The Balaban J connectivity index is 3.38. The number of ether oxygens (including phenoxy) is 1. The average molecular weight is 309 g/mol. The predicted octanol–water partition coefficient (Wildman–Crippen LogP) is 7.22. The van der Waals surface area contributed by atoms with E-state index in [1.807, 2.05) is 6.08 Å². The largest absolute Gasteiger partial charge is 0.374 e. The van der Waals surface area contributed by atoms with Crippen LogP contribution in [0.4, 0.5) is 0 Å². The number of hydrogen-bond acceptors (Lipinski definition) is 1. The van der Waals surface area contributed by atoms with E-state index in [2.05, 4.69) is 32.6 Å². The Hall–Kier alpha value is -0.560. The standard InChI is InChI=1S/C21H40O/c1-4-7-8-9-10-11-12-13-14-15-16-17-19-21(18-5-2)22-20-6-3/h6,13-14,21H,3-5,7-12,15-20H2,1-2H3/b14-13+. The van der Waals surface area contributed by atoms with Crippen LogP contribution >= 0.6 is 0 Å². The second kappa shape index (κ2) is 18.5. The molecule has 0 spiro atoms. The SMILES string of the molecule is C=CCOC(CCC)CCCC/C=C/CCCCCCCC. The van der Waals surface area contributed by atoms with Gasteiger partial charge in [-0.25, -0.2) is 0 Å². The van der Waals surface area contributed by atoms with Gasteiger partial charge in [-0.3, -0.25) is 0 Å². The molecule has 130 valence electrons. The summed E-state index contributed by atoms with van der Waals surface area (Å²) in [6.45, 7) is 8.93. The van der Waals surface area contributed by atoms with E-state index in [-0.39, 0.29) is 0 Å². The Kier molecular flexibility index (Phi) is 18.0. The molecule has 0 amide bonds. The molecule has 0 saturated heterocycles. The number of unbranched alkanes of at least 4 members (excludes halogenated alkanes) is 8. The summed E-state index contributed by atoms with van der Waals surface area (Å²) in [5.74, 6) is 0. The minimum atomic E-state index is 0.440. The Morgan fingerprint density at radius 1 is 0.773 bits per heavy atom. The molecule has 1 atom stereocenters.